The second-order valence-electron chi connectivity index (χ2n) is 3.64. The van der Waals surface area contributed by atoms with Crippen LogP contribution in [0.2, 0.25) is 0 Å². The minimum Gasteiger partial charge on any atom is -0.508 e. The van der Waals surface area contributed by atoms with E-state index in [1.54, 1.807) is 24.3 Å². The van der Waals surface area contributed by atoms with Crippen LogP contribution in [-0.2, 0) is 0 Å². The van der Waals surface area contributed by atoms with Gasteiger partial charge in [0.1, 0.15) is 5.75 Å². The van der Waals surface area contributed by atoms with Crippen molar-refractivity contribution in [3.63, 3.8) is 0 Å². The zero-order chi connectivity index (χ0) is 13.7. The standard InChI is InChI=1S/C13H10BrN3O2/c14-12-2-1-11(18)7-10(12)8-16-17-13(19)9-3-5-15-6-4-9/h1-8,18H,(H,17,19)/b16-8-. The van der Waals surface area contributed by atoms with E-state index in [1.165, 1.54) is 24.7 Å². The van der Waals surface area contributed by atoms with Crippen LogP contribution in [0.25, 0.3) is 0 Å². The number of halogens is 1. The van der Waals surface area contributed by atoms with Crippen LogP contribution in [-0.4, -0.2) is 22.2 Å². The summed E-state index contributed by atoms with van der Waals surface area (Å²) in [6.07, 6.45) is 4.51. The van der Waals surface area contributed by atoms with Crippen molar-refractivity contribution in [1.29, 1.82) is 0 Å². The molecule has 2 rings (SSSR count). The molecule has 0 aliphatic heterocycles. The molecule has 1 amide bonds. The number of phenolic OH excluding ortho intramolecular Hbond substituents is 1. The lowest BCUT2D eigenvalue weighted by atomic mass is 10.2. The minimum atomic E-state index is -0.324. The van der Waals surface area contributed by atoms with Gasteiger partial charge in [0.15, 0.2) is 0 Å². The number of aromatic hydroxyl groups is 1. The van der Waals surface area contributed by atoms with Crippen LogP contribution < -0.4 is 5.43 Å². The van der Waals surface area contributed by atoms with Crippen molar-refractivity contribution in [3.8, 4) is 5.75 Å². The first-order valence-corrected chi connectivity index (χ1v) is 6.18. The first kappa shape index (κ1) is 13.2. The number of carbonyl (C=O) groups excluding carboxylic acids is 1. The Morgan fingerprint density at radius 2 is 2.05 bits per heavy atom. The molecule has 96 valence electrons. The minimum absolute atomic E-state index is 0.130. The van der Waals surface area contributed by atoms with Crippen LogP contribution in [0.3, 0.4) is 0 Å². The number of phenols is 1. The molecular weight excluding hydrogens is 310 g/mol. The lowest BCUT2D eigenvalue weighted by Gasteiger charge is -2.00. The van der Waals surface area contributed by atoms with Crippen molar-refractivity contribution in [2.75, 3.05) is 0 Å². The Hall–Kier alpha value is -2.21. The number of nitrogens with one attached hydrogen (secondary N) is 1. The second kappa shape index (κ2) is 6.10. The maximum Gasteiger partial charge on any atom is 0.271 e. The molecule has 2 N–H and O–H groups in total. The highest BCUT2D eigenvalue weighted by molar-refractivity contribution is 9.10. The Morgan fingerprint density at radius 1 is 1.32 bits per heavy atom. The van der Waals surface area contributed by atoms with Crippen LogP contribution in [0.4, 0.5) is 0 Å². The molecule has 0 spiro atoms. The molecule has 0 bridgehead atoms. The van der Waals surface area contributed by atoms with E-state index in [1.807, 2.05) is 0 Å². The number of carbonyl (C=O) groups is 1. The maximum absolute atomic E-state index is 11.7. The van der Waals surface area contributed by atoms with Crippen molar-refractivity contribution in [2.24, 2.45) is 5.10 Å². The molecule has 2 aromatic rings. The number of hydrogen-bond donors (Lipinski definition) is 2. The first-order chi connectivity index (χ1) is 9.16. The highest BCUT2D eigenvalue weighted by atomic mass is 79.9. The molecule has 0 aliphatic rings. The third kappa shape index (κ3) is 3.62. The van der Waals surface area contributed by atoms with Crippen molar-refractivity contribution < 1.29 is 9.90 Å². The average molecular weight is 320 g/mol. The average Bonchev–Trinajstić information content (AvgIpc) is 2.43. The molecule has 1 heterocycles. The highest BCUT2D eigenvalue weighted by Gasteiger charge is 2.02. The number of amides is 1. The summed E-state index contributed by atoms with van der Waals surface area (Å²) >= 11 is 3.32. The van der Waals surface area contributed by atoms with Crippen LogP contribution >= 0.6 is 15.9 Å². The van der Waals surface area contributed by atoms with Crippen LogP contribution in [0.15, 0.2) is 52.3 Å². The smallest absolute Gasteiger partial charge is 0.271 e. The van der Waals surface area contributed by atoms with Gasteiger partial charge in [0.2, 0.25) is 0 Å². The molecular formula is C13H10BrN3O2. The molecule has 0 unspecified atom stereocenters. The highest BCUT2D eigenvalue weighted by Crippen LogP contribution is 2.19. The second-order valence-corrected chi connectivity index (χ2v) is 4.50. The molecule has 0 radical (unpaired) electrons. The Bertz CT molecular complexity index is 615. The molecule has 0 saturated heterocycles. The summed E-state index contributed by atoms with van der Waals surface area (Å²) < 4.78 is 0.771. The fourth-order valence-electron chi connectivity index (χ4n) is 1.36. The van der Waals surface area contributed by atoms with Gasteiger partial charge in [0.05, 0.1) is 6.21 Å². The van der Waals surface area contributed by atoms with E-state index < -0.39 is 0 Å². The van der Waals surface area contributed by atoms with E-state index in [4.69, 9.17) is 0 Å². The van der Waals surface area contributed by atoms with Gasteiger partial charge in [-0.1, -0.05) is 15.9 Å². The lowest BCUT2D eigenvalue weighted by molar-refractivity contribution is 0.0955. The number of benzene rings is 1. The monoisotopic (exact) mass is 319 g/mol. The summed E-state index contributed by atoms with van der Waals surface area (Å²) in [7, 11) is 0. The zero-order valence-electron chi connectivity index (χ0n) is 9.75. The van der Waals surface area contributed by atoms with E-state index in [2.05, 4.69) is 31.4 Å². The van der Waals surface area contributed by atoms with Gasteiger partial charge in [-0.2, -0.15) is 5.10 Å². The topological polar surface area (TPSA) is 74.6 Å². The number of aromatic nitrogens is 1. The van der Waals surface area contributed by atoms with E-state index in [0.29, 0.717) is 11.1 Å². The first-order valence-electron chi connectivity index (χ1n) is 5.39. The predicted octanol–water partition coefficient (Wildman–Crippen LogP) is 2.31. The van der Waals surface area contributed by atoms with Gasteiger partial charge in [-0.25, -0.2) is 5.43 Å². The predicted molar refractivity (Wildman–Crippen MR) is 75.1 cm³/mol. The van der Waals surface area contributed by atoms with Crippen LogP contribution in [0.5, 0.6) is 5.75 Å². The van der Waals surface area contributed by atoms with E-state index in [-0.39, 0.29) is 11.7 Å². The van der Waals surface area contributed by atoms with Gasteiger partial charge in [-0.15, -0.1) is 0 Å². The van der Waals surface area contributed by atoms with Gasteiger partial charge in [0, 0.05) is 28.0 Å². The number of pyridine rings is 1. The molecule has 19 heavy (non-hydrogen) atoms. The van der Waals surface area contributed by atoms with Crippen molar-refractivity contribution in [3.05, 3.63) is 58.3 Å². The quantitative estimate of drug-likeness (QED) is 0.673. The maximum atomic E-state index is 11.7. The molecule has 0 aliphatic carbocycles. The number of hydrogen-bond acceptors (Lipinski definition) is 4. The summed E-state index contributed by atoms with van der Waals surface area (Å²) in [6.45, 7) is 0. The Morgan fingerprint density at radius 3 is 2.79 bits per heavy atom. The van der Waals surface area contributed by atoms with Crippen molar-refractivity contribution in [1.82, 2.24) is 10.4 Å². The molecule has 5 nitrogen and oxygen atoms in total. The number of rotatable bonds is 3. The summed E-state index contributed by atoms with van der Waals surface area (Å²) in [5.74, 6) is -0.194. The molecule has 6 heteroatoms. The zero-order valence-corrected chi connectivity index (χ0v) is 11.3. The fraction of sp³-hybridized carbons (Fsp3) is 0. The Labute approximate surface area is 118 Å². The summed E-state index contributed by atoms with van der Waals surface area (Å²) in [4.78, 5) is 15.5. The third-order valence-corrected chi connectivity index (χ3v) is 3.01. The van der Waals surface area contributed by atoms with Crippen LogP contribution in [0, 0.1) is 0 Å². The van der Waals surface area contributed by atoms with Gasteiger partial charge in [-0.05, 0) is 30.3 Å². The molecule has 0 saturated carbocycles. The van der Waals surface area contributed by atoms with Gasteiger partial charge < -0.3 is 5.11 Å². The lowest BCUT2D eigenvalue weighted by Crippen LogP contribution is -2.17. The van der Waals surface area contributed by atoms with E-state index in [0.717, 1.165) is 4.47 Å². The van der Waals surface area contributed by atoms with Crippen molar-refractivity contribution >= 4 is 28.1 Å². The van der Waals surface area contributed by atoms with Gasteiger partial charge in [0.25, 0.3) is 5.91 Å². The third-order valence-electron chi connectivity index (χ3n) is 2.29. The summed E-state index contributed by atoms with van der Waals surface area (Å²) in [5.41, 5.74) is 3.53. The summed E-state index contributed by atoms with van der Waals surface area (Å²) in [6, 6.07) is 7.97. The summed E-state index contributed by atoms with van der Waals surface area (Å²) in [5, 5.41) is 13.2. The SMILES string of the molecule is O=C(N/N=C\c1cc(O)ccc1Br)c1ccncc1. The number of nitrogens with zero attached hydrogens (tertiary/aromatic N) is 2. The van der Waals surface area contributed by atoms with Gasteiger partial charge in [-0.3, -0.25) is 9.78 Å². The van der Waals surface area contributed by atoms with Crippen molar-refractivity contribution in [2.45, 2.75) is 0 Å². The van der Waals surface area contributed by atoms with E-state index >= 15 is 0 Å². The Kier molecular flexibility index (Phi) is 4.25. The van der Waals surface area contributed by atoms with Crippen LogP contribution in [0.1, 0.15) is 15.9 Å². The van der Waals surface area contributed by atoms with Gasteiger partial charge >= 0.3 is 0 Å². The van der Waals surface area contributed by atoms with E-state index in [9.17, 15) is 9.90 Å². The number of hydrazone groups is 1. The molecule has 0 fully saturated rings. The molecule has 1 aromatic carbocycles. The molecule has 0 atom stereocenters. The molecule has 1 aromatic heterocycles. The Balaban J connectivity index is 2.04. The largest absolute Gasteiger partial charge is 0.508 e. The fourth-order valence-corrected chi connectivity index (χ4v) is 1.71. The normalized spacial score (nSPS) is 10.6.